The fourth-order valence-corrected chi connectivity index (χ4v) is 2.78. The standard InChI is InChI=1S/C15H24N2/c1-10-5-4-6-14(12(10)3)17-15-9-13(16)8-7-11(15)2/h7-10,12,14,17H,4-6,16H2,1-3H3. The van der Waals surface area contributed by atoms with Crippen LogP contribution in [0.5, 0.6) is 0 Å². The highest BCUT2D eigenvalue weighted by molar-refractivity contribution is 5.59. The average Bonchev–Trinajstić information content (AvgIpc) is 2.30. The predicted octanol–water partition coefficient (Wildman–Crippen LogP) is 3.81. The van der Waals surface area contributed by atoms with Gasteiger partial charge in [0.25, 0.3) is 0 Å². The molecule has 17 heavy (non-hydrogen) atoms. The molecule has 0 spiro atoms. The summed E-state index contributed by atoms with van der Waals surface area (Å²) < 4.78 is 0. The van der Waals surface area contributed by atoms with Gasteiger partial charge >= 0.3 is 0 Å². The molecule has 1 fully saturated rings. The maximum atomic E-state index is 5.85. The molecule has 2 heteroatoms. The Hall–Kier alpha value is -1.18. The minimum absolute atomic E-state index is 0.597. The van der Waals surface area contributed by atoms with E-state index in [1.807, 2.05) is 6.07 Å². The zero-order valence-corrected chi connectivity index (χ0v) is 11.2. The van der Waals surface area contributed by atoms with Crippen LogP contribution in [-0.2, 0) is 0 Å². The Bertz CT molecular complexity index is 387. The lowest BCUT2D eigenvalue weighted by atomic mass is 9.78. The Balaban J connectivity index is 2.11. The van der Waals surface area contributed by atoms with Crippen molar-refractivity contribution in [3.05, 3.63) is 23.8 Å². The first-order valence-corrected chi connectivity index (χ1v) is 6.70. The third-order valence-electron chi connectivity index (χ3n) is 4.31. The van der Waals surface area contributed by atoms with Gasteiger partial charge in [-0.15, -0.1) is 0 Å². The lowest BCUT2D eigenvalue weighted by Gasteiger charge is -2.35. The summed E-state index contributed by atoms with van der Waals surface area (Å²) in [5, 5.41) is 3.69. The van der Waals surface area contributed by atoms with Gasteiger partial charge in [0, 0.05) is 17.4 Å². The molecule has 0 radical (unpaired) electrons. The van der Waals surface area contributed by atoms with Crippen molar-refractivity contribution in [1.82, 2.24) is 0 Å². The molecule has 1 aliphatic carbocycles. The van der Waals surface area contributed by atoms with Crippen LogP contribution in [0, 0.1) is 18.8 Å². The number of benzene rings is 1. The molecular weight excluding hydrogens is 208 g/mol. The molecule has 0 aliphatic heterocycles. The van der Waals surface area contributed by atoms with E-state index >= 15 is 0 Å². The highest BCUT2D eigenvalue weighted by Gasteiger charge is 2.27. The first-order valence-electron chi connectivity index (χ1n) is 6.70. The predicted molar refractivity (Wildman–Crippen MR) is 75.2 cm³/mol. The van der Waals surface area contributed by atoms with Gasteiger partial charge in [-0.1, -0.05) is 32.8 Å². The maximum Gasteiger partial charge on any atom is 0.0392 e. The number of anilines is 2. The van der Waals surface area contributed by atoms with Gasteiger partial charge in [0.2, 0.25) is 0 Å². The Morgan fingerprint density at radius 3 is 2.76 bits per heavy atom. The Kier molecular flexibility index (Phi) is 3.60. The van der Waals surface area contributed by atoms with Crippen molar-refractivity contribution in [1.29, 1.82) is 0 Å². The second kappa shape index (κ2) is 4.99. The molecule has 3 atom stereocenters. The van der Waals surface area contributed by atoms with Crippen molar-refractivity contribution in [2.45, 2.75) is 46.1 Å². The Morgan fingerprint density at radius 2 is 2.00 bits per heavy atom. The molecule has 3 unspecified atom stereocenters. The van der Waals surface area contributed by atoms with E-state index in [0.717, 1.165) is 17.5 Å². The lowest BCUT2D eigenvalue weighted by molar-refractivity contribution is 0.253. The Morgan fingerprint density at radius 1 is 1.24 bits per heavy atom. The van der Waals surface area contributed by atoms with Crippen molar-refractivity contribution in [3.63, 3.8) is 0 Å². The molecule has 0 amide bonds. The lowest BCUT2D eigenvalue weighted by Crippen LogP contribution is -2.35. The van der Waals surface area contributed by atoms with Gasteiger partial charge < -0.3 is 11.1 Å². The molecule has 1 saturated carbocycles. The number of hydrogen-bond acceptors (Lipinski definition) is 2. The van der Waals surface area contributed by atoms with Gasteiger partial charge in [0.1, 0.15) is 0 Å². The van der Waals surface area contributed by atoms with E-state index in [-0.39, 0.29) is 0 Å². The molecule has 1 aromatic rings. The molecule has 1 aliphatic rings. The van der Waals surface area contributed by atoms with Crippen molar-refractivity contribution in [2.75, 3.05) is 11.1 Å². The smallest absolute Gasteiger partial charge is 0.0392 e. The monoisotopic (exact) mass is 232 g/mol. The van der Waals surface area contributed by atoms with Gasteiger partial charge in [-0.05, 0) is 42.9 Å². The summed E-state index contributed by atoms with van der Waals surface area (Å²) in [6.45, 7) is 6.87. The summed E-state index contributed by atoms with van der Waals surface area (Å²) in [6, 6.07) is 6.71. The van der Waals surface area contributed by atoms with Crippen LogP contribution in [0.4, 0.5) is 11.4 Å². The third kappa shape index (κ3) is 2.74. The van der Waals surface area contributed by atoms with Crippen molar-refractivity contribution in [3.8, 4) is 0 Å². The summed E-state index contributed by atoms with van der Waals surface area (Å²) >= 11 is 0. The van der Waals surface area contributed by atoms with Gasteiger partial charge in [-0.25, -0.2) is 0 Å². The first-order chi connectivity index (χ1) is 8.08. The summed E-state index contributed by atoms with van der Waals surface area (Å²) in [6.07, 6.45) is 3.99. The number of aryl methyl sites for hydroxylation is 1. The average molecular weight is 232 g/mol. The molecule has 1 aromatic carbocycles. The van der Waals surface area contributed by atoms with Gasteiger partial charge in [0.15, 0.2) is 0 Å². The normalized spacial score (nSPS) is 29.0. The zero-order chi connectivity index (χ0) is 12.4. The molecular formula is C15H24N2. The second-order valence-electron chi connectivity index (χ2n) is 5.59. The summed E-state index contributed by atoms with van der Waals surface area (Å²) in [5.74, 6) is 1.56. The molecule has 0 heterocycles. The number of rotatable bonds is 2. The SMILES string of the molecule is Cc1ccc(N)cc1NC1CCCC(C)C1C. The molecule has 3 N–H and O–H groups in total. The van der Waals surface area contributed by atoms with E-state index in [1.54, 1.807) is 0 Å². The fraction of sp³-hybridized carbons (Fsp3) is 0.600. The summed E-state index contributed by atoms with van der Waals surface area (Å²) in [7, 11) is 0. The van der Waals surface area contributed by atoms with Crippen LogP contribution in [0.15, 0.2) is 18.2 Å². The van der Waals surface area contributed by atoms with Crippen LogP contribution in [0.1, 0.15) is 38.7 Å². The highest BCUT2D eigenvalue weighted by Crippen LogP contribution is 2.32. The van der Waals surface area contributed by atoms with Gasteiger partial charge in [-0.2, -0.15) is 0 Å². The summed E-state index contributed by atoms with van der Waals surface area (Å²) in [4.78, 5) is 0. The molecule has 2 nitrogen and oxygen atoms in total. The van der Waals surface area contributed by atoms with Crippen molar-refractivity contribution < 1.29 is 0 Å². The molecule has 0 aromatic heterocycles. The minimum atomic E-state index is 0.597. The van der Waals surface area contributed by atoms with Crippen LogP contribution in [0.2, 0.25) is 0 Å². The van der Waals surface area contributed by atoms with E-state index in [2.05, 4.69) is 38.2 Å². The van der Waals surface area contributed by atoms with E-state index < -0.39 is 0 Å². The van der Waals surface area contributed by atoms with Crippen LogP contribution in [0.3, 0.4) is 0 Å². The number of nitrogens with two attached hydrogens (primary N) is 1. The number of hydrogen-bond donors (Lipinski definition) is 2. The van der Waals surface area contributed by atoms with Gasteiger partial charge in [-0.3, -0.25) is 0 Å². The van der Waals surface area contributed by atoms with Crippen LogP contribution >= 0.6 is 0 Å². The molecule has 0 saturated heterocycles. The molecule has 2 rings (SSSR count). The van der Waals surface area contributed by atoms with Crippen LogP contribution in [-0.4, -0.2) is 6.04 Å². The first kappa shape index (κ1) is 12.3. The van der Waals surface area contributed by atoms with Crippen LogP contribution < -0.4 is 11.1 Å². The largest absolute Gasteiger partial charge is 0.399 e. The quantitative estimate of drug-likeness (QED) is 0.761. The van der Waals surface area contributed by atoms with Crippen molar-refractivity contribution in [2.24, 2.45) is 11.8 Å². The third-order valence-corrected chi connectivity index (χ3v) is 4.31. The highest BCUT2D eigenvalue weighted by atomic mass is 14.9. The number of nitrogen functional groups attached to an aromatic ring is 1. The van der Waals surface area contributed by atoms with E-state index in [9.17, 15) is 0 Å². The molecule has 0 bridgehead atoms. The maximum absolute atomic E-state index is 5.85. The van der Waals surface area contributed by atoms with Crippen molar-refractivity contribution >= 4 is 11.4 Å². The van der Waals surface area contributed by atoms with Gasteiger partial charge in [0.05, 0.1) is 0 Å². The molecule has 94 valence electrons. The topological polar surface area (TPSA) is 38.0 Å². The Labute approximate surface area is 105 Å². The van der Waals surface area contributed by atoms with E-state index in [0.29, 0.717) is 6.04 Å². The zero-order valence-electron chi connectivity index (χ0n) is 11.2. The second-order valence-corrected chi connectivity index (χ2v) is 5.59. The number of nitrogens with one attached hydrogen (secondary N) is 1. The minimum Gasteiger partial charge on any atom is -0.399 e. The van der Waals surface area contributed by atoms with E-state index in [4.69, 9.17) is 5.73 Å². The van der Waals surface area contributed by atoms with E-state index in [1.165, 1.54) is 30.5 Å². The summed E-state index contributed by atoms with van der Waals surface area (Å²) in [5.41, 5.74) is 9.18. The van der Waals surface area contributed by atoms with Crippen LogP contribution in [0.25, 0.3) is 0 Å². The fourth-order valence-electron chi connectivity index (χ4n) is 2.78.